The normalized spacial score (nSPS) is 48.3. The molecular formula is C58H96N2O49. The van der Waals surface area contributed by atoms with E-state index in [0.29, 0.717) is 0 Å². The summed E-state index contributed by atoms with van der Waals surface area (Å²) in [6.07, 6.45) is -90.8. The Morgan fingerprint density at radius 2 is 0.569 bits per heavy atom. The quantitative estimate of drug-likeness (QED) is 0.0318. The van der Waals surface area contributed by atoms with E-state index in [9.17, 15) is 172 Å². The van der Waals surface area contributed by atoms with Crippen LogP contribution in [0.1, 0.15) is 13.8 Å². The van der Waals surface area contributed by atoms with Crippen LogP contribution < -0.4 is 10.6 Å². The molecule has 0 aromatic heterocycles. The Morgan fingerprint density at radius 1 is 0.330 bits per heavy atom. The fraction of sp³-hybridized carbons (Fsp3) is 0.931. The van der Waals surface area contributed by atoms with Gasteiger partial charge in [-0.15, -0.1) is 0 Å². The molecule has 8 fully saturated rings. The lowest BCUT2D eigenvalue weighted by molar-refractivity contribution is -0.407. The summed E-state index contributed by atoms with van der Waals surface area (Å²) in [7, 11) is 0. The second-order valence-corrected chi connectivity index (χ2v) is 26.9. The van der Waals surface area contributed by atoms with Crippen LogP contribution in [0.15, 0.2) is 0 Å². The topological polar surface area (TPSA) is 838 Å². The van der Waals surface area contributed by atoms with Crippen LogP contribution in [0.4, 0.5) is 0 Å². The Hall–Kier alpha value is -3.84. The molecule has 8 aliphatic heterocycles. The predicted octanol–water partition coefficient (Wildman–Crippen LogP) is -21.8. The summed E-state index contributed by atoms with van der Waals surface area (Å²) in [6.45, 7) is -7.86. The van der Waals surface area contributed by atoms with Gasteiger partial charge in [0.25, 0.3) is 11.6 Å². The van der Waals surface area contributed by atoms with Gasteiger partial charge in [-0.3, -0.25) is 9.59 Å². The summed E-state index contributed by atoms with van der Waals surface area (Å²) >= 11 is 0. The van der Waals surface area contributed by atoms with Crippen molar-refractivity contribution in [1.82, 2.24) is 10.6 Å². The van der Waals surface area contributed by atoms with Gasteiger partial charge in [0.1, 0.15) is 195 Å². The van der Waals surface area contributed by atoms with E-state index in [1.165, 1.54) is 0 Å². The van der Waals surface area contributed by atoms with Crippen LogP contribution >= 0.6 is 0 Å². The number of carbonyl (C=O) groups is 4. The minimum absolute atomic E-state index is 0.875. The lowest BCUT2D eigenvalue weighted by atomic mass is 9.86. The minimum atomic E-state index is -3.82. The van der Waals surface area contributed by atoms with Gasteiger partial charge in [-0.05, 0) is 0 Å². The van der Waals surface area contributed by atoms with Crippen LogP contribution in [0.5, 0.6) is 0 Å². The average Bonchev–Trinajstić information content (AvgIpc) is 0.750. The zero-order chi connectivity index (χ0) is 81.2. The van der Waals surface area contributed by atoms with E-state index in [1.807, 2.05) is 0 Å². The van der Waals surface area contributed by atoms with Gasteiger partial charge >= 0.3 is 11.9 Å². The minimum Gasteiger partial charge on any atom is -0.477 e. The molecule has 0 saturated carbocycles. The molecule has 0 bridgehead atoms. The van der Waals surface area contributed by atoms with Gasteiger partial charge in [0.05, 0.1) is 64.9 Å². The maximum atomic E-state index is 12.6. The largest absolute Gasteiger partial charge is 0.477 e. The van der Waals surface area contributed by atoms with Crippen LogP contribution in [0.2, 0.25) is 0 Å². The molecule has 109 heavy (non-hydrogen) atoms. The smallest absolute Gasteiger partial charge is 0.367 e. The lowest BCUT2D eigenvalue weighted by Crippen LogP contribution is -2.75. The third-order valence-electron chi connectivity index (χ3n) is 19.6. The standard InChI is InChI=1S/C58H96N2O49/c1-11(69)59-21-27(77)47(57(93,55(89)90)108-43(21)23(73)13(71)3-61)101-45-25(75)15(5-63)95-53(37(45)87)105-41-17(7-65)97-49(33(83)29(41)79)103-39-19(9-67)99-51(35(85)31(39)81)107-52-36(86)32(82)40(20(10-68)100-52)104-50-34(84)30(80)42(18(8-66)98-50)106-54-38(88)46(26(76)16(6-64)96-54)102-48-28(78)22(60-12(2)70)44(24(74)14(72)4-62)109-58(48,94)56(91)92/h13-54,61-68,71-88,93-94H,3-10H2,1-2H3,(H,59,69)(H,60,70)(H,89,90)(H,91,92)/t13-,14-,15-,16-,17-,18-,19-,20-,21-,22-,23-,24-,25+,26+,27-,28-,29-,30-,31-,32-,33-,34-,35-,36-,37-,38-,39+,40+,41+,42+,43-,44-,45+,46+,47-,48-,49+,50+,51-,52+,53+,54+,57+,58+/m1/s1. The van der Waals surface area contributed by atoms with Crippen molar-refractivity contribution in [2.45, 2.75) is 283 Å². The first-order chi connectivity index (χ1) is 51.2. The molecule has 0 aromatic carbocycles. The van der Waals surface area contributed by atoms with Crippen LogP contribution in [0.25, 0.3) is 0 Å². The summed E-state index contributed by atoms with van der Waals surface area (Å²) in [6, 6.07) is -4.04. The van der Waals surface area contributed by atoms with E-state index in [4.69, 9.17) is 71.1 Å². The van der Waals surface area contributed by atoms with E-state index in [-0.39, 0.29) is 0 Å². The molecule has 8 saturated heterocycles. The number of aliphatic hydroxyl groups is 28. The zero-order valence-electron chi connectivity index (χ0n) is 57.1. The van der Waals surface area contributed by atoms with E-state index in [1.54, 1.807) is 0 Å². The molecule has 44 atom stereocenters. The second kappa shape index (κ2) is 37.8. The molecule has 2 amide bonds. The van der Waals surface area contributed by atoms with Gasteiger partial charge in [0.2, 0.25) is 11.8 Å². The van der Waals surface area contributed by atoms with Crippen molar-refractivity contribution in [1.29, 1.82) is 0 Å². The van der Waals surface area contributed by atoms with Crippen LogP contribution in [-0.2, 0) is 90.2 Å². The third-order valence-corrected chi connectivity index (χ3v) is 19.6. The molecule has 8 rings (SSSR count). The zero-order valence-corrected chi connectivity index (χ0v) is 57.1. The number of carboxylic acids is 2. The van der Waals surface area contributed by atoms with E-state index in [2.05, 4.69) is 10.6 Å². The summed E-state index contributed by atoms with van der Waals surface area (Å²) in [5.41, 5.74) is 0. The van der Waals surface area contributed by atoms with Crippen molar-refractivity contribution < 1.29 is 243 Å². The molecule has 0 radical (unpaired) electrons. The Bertz CT molecular complexity index is 2730. The molecule has 8 aliphatic rings. The summed E-state index contributed by atoms with van der Waals surface area (Å²) < 4.78 is 83.5. The van der Waals surface area contributed by atoms with Crippen molar-refractivity contribution in [2.75, 3.05) is 52.9 Å². The monoisotopic (exact) mass is 1600 g/mol. The number of hydrogen-bond donors (Lipinski definition) is 32. The third kappa shape index (κ3) is 18.5. The van der Waals surface area contributed by atoms with Crippen molar-refractivity contribution in [3.8, 4) is 0 Å². The molecule has 32 N–H and O–H groups in total. The molecule has 0 spiro atoms. The number of amides is 2. The first-order valence-corrected chi connectivity index (χ1v) is 33.7. The van der Waals surface area contributed by atoms with E-state index in [0.717, 1.165) is 13.8 Å². The number of ether oxygens (including phenoxy) is 15. The molecular weight excluding hydrogens is 1510 g/mol. The van der Waals surface area contributed by atoms with E-state index < -0.39 is 346 Å². The average molecular weight is 1610 g/mol. The molecule has 8 heterocycles. The molecule has 0 aliphatic carbocycles. The maximum absolute atomic E-state index is 12.6. The van der Waals surface area contributed by atoms with Crippen molar-refractivity contribution in [3.63, 3.8) is 0 Å². The molecule has 51 heteroatoms. The predicted molar refractivity (Wildman–Crippen MR) is 325 cm³/mol. The van der Waals surface area contributed by atoms with Crippen molar-refractivity contribution >= 4 is 23.8 Å². The van der Waals surface area contributed by atoms with Crippen molar-refractivity contribution in [3.05, 3.63) is 0 Å². The highest BCUT2D eigenvalue weighted by Gasteiger charge is 2.67. The van der Waals surface area contributed by atoms with Gasteiger partial charge in [0.15, 0.2) is 49.9 Å². The van der Waals surface area contributed by atoms with E-state index >= 15 is 0 Å². The number of rotatable bonds is 30. The summed E-state index contributed by atoms with van der Waals surface area (Å²) in [4.78, 5) is 49.7. The molecule has 0 unspecified atom stereocenters. The highest BCUT2D eigenvalue weighted by atomic mass is 16.8. The molecule has 0 aromatic rings. The first kappa shape index (κ1) is 90.7. The lowest BCUT2D eigenvalue weighted by Gasteiger charge is -2.51. The van der Waals surface area contributed by atoms with Gasteiger partial charge < -0.3 is 235 Å². The fourth-order valence-electron chi connectivity index (χ4n) is 13.7. The molecule has 632 valence electrons. The van der Waals surface area contributed by atoms with Crippen molar-refractivity contribution in [2.24, 2.45) is 0 Å². The number of aliphatic hydroxyl groups excluding tert-OH is 26. The highest BCUT2D eigenvalue weighted by molar-refractivity contribution is 5.78. The fourth-order valence-corrected chi connectivity index (χ4v) is 13.7. The van der Waals surface area contributed by atoms with Crippen LogP contribution in [-0.4, -0.2) is 499 Å². The number of carbonyl (C=O) groups excluding carboxylic acids is 2. The number of nitrogens with one attached hydrogen (secondary N) is 2. The highest BCUT2D eigenvalue weighted by Crippen LogP contribution is 2.42. The number of hydrogen-bond acceptors (Lipinski definition) is 47. The second-order valence-electron chi connectivity index (χ2n) is 26.9. The molecule has 51 nitrogen and oxygen atoms in total. The first-order valence-electron chi connectivity index (χ1n) is 33.7. The maximum Gasteiger partial charge on any atom is 0.367 e. The summed E-state index contributed by atoms with van der Waals surface area (Å²) in [5, 5.41) is 331. The van der Waals surface area contributed by atoms with Gasteiger partial charge in [-0.2, -0.15) is 0 Å². The van der Waals surface area contributed by atoms with Crippen LogP contribution in [0, 0.1) is 0 Å². The Kier molecular flexibility index (Phi) is 31.5. The van der Waals surface area contributed by atoms with Gasteiger partial charge in [-0.25, -0.2) is 9.59 Å². The number of aliphatic carboxylic acids is 2. The van der Waals surface area contributed by atoms with Gasteiger partial charge in [-0.1, -0.05) is 0 Å². The Balaban J connectivity index is 0.895. The Morgan fingerprint density at radius 3 is 0.798 bits per heavy atom. The van der Waals surface area contributed by atoms with Crippen LogP contribution in [0.3, 0.4) is 0 Å². The summed E-state index contributed by atoms with van der Waals surface area (Å²) in [5.74, 6) is -14.4. The number of carboxylic acid groups (broad SMARTS) is 2. The Labute approximate surface area is 612 Å². The van der Waals surface area contributed by atoms with Gasteiger partial charge in [0, 0.05) is 13.8 Å². The SMILES string of the molecule is CC(=O)N[C@@H]1[C@@H](O)[C@@H](O[C@H]2[C@@H](O)[C@@H](CO)O[C@@H](O[C@@H]3[C@H](O)[C@@H](O)[C@H](O[C@@H]4[C@H](O)[C@@H](O)[C@H](O[C@H]5O[C@H](CO)[C@H](O[C@@H]6O[C@H](CO)[C@H](O[C@@H]7O[C@H](CO)[C@H](O)[C@H](O[C@@H]8[C@H](O)[C@@H](NC(C)=O)[C@H]([C@H](O)[C@H](O)CO)O[C@]8(O)C(=O)O)[C@H]7O)[C@H](O)[C@H]6O)[C@H](O)[C@H]5O)O[C@@H]4CO)O[C@@H]3CO)[C@@H]2O)[C@@](O)(C(=O)O)O[C@H]1[C@H](O)[C@H](O)CO.